The van der Waals surface area contributed by atoms with Gasteiger partial charge >= 0.3 is 0 Å². The first-order chi connectivity index (χ1) is 9.84. The van der Waals surface area contributed by atoms with Gasteiger partial charge < -0.3 is 4.57 Å². The molecule has 0 bridgehead atoms. The summed E-state index contributed by atoms with van der Waals surface area (Å²) in [5.41, 5.74) is 2.44. The Labute approximate surface area is 118 Å². The lowest BCUT2D eigenvalue weighted by atomic mass is 10.1. The Morgan fingerprint density at radius 1 is 1.05 bits per heavy atom. The molecule has 0 N–H and O–H groups in total. The molecule has 0 saturated heterocycles. The molecule has 0 unspecified atom stereocenters. The summed E-state index contributed by atoms with van der Waals surface area (Å²) in [4.78, 5) is 4.04. The second-order valence-corrected chi connectivity index (χ2v) is 4.77. The molecule has 2 heterocycles. The van der Waals surface area contributed by atoms with Gasteiger partial charge in [-0.25, -0.2) is 0 Å². The Morgan fingerprint density at radius 2 is 1.80 bits per heavy atom. The largest absolute Gasteiger partial charge is 0.310 e. The lowest BCUT2D eigenvalue weighted by Gasteiger charge is -2.15. The minimum Gasteiger partial charge on any atom is -0.310 e. The first-order valence-corrected chi connectivity index (χ1v) is 6.67. The summed E-state index contributed by atoms with van der Waals surface area (Å²) in [6, 6.07) is 14.6. The van der Waals surface area contributed by atoms with Gasteiger partial charge in [-0.1, -0.05) is 30.3 Å². The van der Waals surface area contributed by atoms with Gasteiger partial charge in [0.15, 0.2) is 0 Å². The molecule has 0 aliphatic rings. The molecule has 0 saturated carbocycles. The van der Waals surface area contributed by atoms with E-state index in [-0.39, 0.29) is 6.04 Å². The van der Waals surface area contributed by atoms with Gasteiger partial charge in [-0.3, -0.25) is 4.98 Å². The zero-order valence-corrected chi connectivity index (χ0v) is 11.3. The van der Waals surface area contributed by atoms with Crippen molar-refractivity contribution in [2.75, 3.05) is 0 Å². The Morgan fingerprint density at radius 3 is 2.55 bits per heavy atom. The minimum absolute atomic E-state index is 0.225. The Kier molecular flexibility index (Phi) is 3.54. The number of hydrogen-bond donors (Lipinski definition) is 0. The third kappa shape index (κ3) is 2.59. The van der Waals surface area contributed by atoms with Crippen LogP contribution in [0.15, 0.2) is 61.2 Å². The van der Waals surface area contributed by atoms with Crippen LogP contribution in [0.2, 0.25) is 0 Å². The normalized spacial score (nSPS) is 12.2. The zero-order chi connectivity index (χ0) is 13.8. The van der Waals surface area contributed by atoms with Crippen LogP contribution in [-0.4, -0.2) is 19.7 Å². The molecule has 3 rings (SSSR count). The first kappa shape index (κ1) is 12.5. The van der Waals surface area contributed by atoms with E-state index in [0.29, 0.717) is 0 Å². The van der Waals surface area contributed by atoms with Crippen LogP contribution in [0.5, 0.6) is 0 Å². The van der Waals surface area contributed by atoms with Gasteiger partial charge in [0.2, 0.25) is 0 Å². The van der Waals surface area contributed by atoms with Gasteiger partial charge in [0.05, 0.1) is 6.04 Å². The van der Waals surface area contributed by atoms with Crippen LogP contribution in [-0.2, 0) is 6.42 Å². The van der Waals surface area contributed by atoms with Crippen molar-refractivity contribution in [3.05, 3.63) is 78.1 Å². The van der Waals surface area contributed by atoms with Gasteiger partial charge in [-0.2, -0.15) is 0 Å². The number of nitrogens with zero attached hydrogens (tertiary/aromatic N) is 4. The van der Waals surface area contributed by atoms with Gasteiger partial charge in [-0.05, 0) is 30.2 Å². The van der Waals surface area contributed by atoms with Crippen LogP contribution < -0.4 is 0 Å². The lowest BCUT2D eigenvalue weighted by Crippen LogP contribution is -2.10. The van der Waals surface area contributed by atoms with Gasteiger partial charge in [0.1, 0.15) is 12.2 Å². The van der Waals surface area contributed by atoms with Crippen LogP contribution in [0.3, 0.4) is 0 Å². The van der Waals surface area contributed by atoms with E-state index in [1.807, 2.05) is 18.2 Å². The molecule has 0 spiro atoms. The minimum atomic E-state index is 0.225. The van der Waals surface area contributed by atoms with E-state index in [1.54, 1.807) is 18.7 Å². The summed E-state index contributed by atoms with van der Waals surface area (Å²) in [5.74, 6) is 0.965. The second kappa shape index (κ2) is 5.65. The third-order valence-corrected chi connectivity index (χ3v) is 3.46. The molecule has 4 nitrogen and oxygen atoms in total. The summed E-state index contributed by atoms with van der Waals surface area (Å²) >= 11 is 0. The second-order valence-electron chi connectivity index (χ2n) is 4.77. The van der Waals surface area contributed by atoms with Crippen molar-refractivity contribution < 1.29 is 0 Å². The smallest absolute Gasteiger partial charge is 0.137 e. The lowest BCUT2D eigenvalue weighted by molar-refractivity contribution is 0.608. The van der Waals surface area contributed by atoms with Crippen molar-refractivity contribution in [2.45, 2.75) is 19.4 Å². The van der Waals surface area contributed by atoms with E-state index in [2.05, 4.69) is 50.9 Å². The maximum atomic E-state index is 4.25. The molecule has 0 radical (unpaired) electrons. The molecule has 0 aliphatic carbocycles. The van der Waals surface area contributed by atoms with E-state index in [9.17, 15) is 0 Å². The van der Waals surface area contributed by atoms with Gasteiger partial charge in [0, 0.05) is 18.8 Å². The van der Waals surface area contributed by atoms with E-state index >= 15 is 0 Å². The number of hydrogen-bond acceptors (Lipinski definition) is 3. The third-order valence-electron chi connectivity index (χ3n) is 3.46. The van der Waals surface area contributed by atoms with Gasteiger partial charge in [-0.15, -0.1) is 10.2 Å². The SMILES string of the molecule is C[C@@H](c1ccccc1)n1cnnc1Cc1ccncc1. The van der Waals surface area contributed by atoms with E-state index in [4.69, 9.17) is 0 Å². The fraction of sp³-hybridized carbons (Fsp3) is 0.188. The zero-order valence-electron chi connectivity index (χ0n) is 11.3. The first-order valence-electron chi connectivity index (χ1n) is 6.67. The van der Waals surface area contributed by atoms with Crippen molar-refractivity contribution in [2.24, 2.45) is 0 Å². The Bertz CT molecular complexity index is 661. The summed E-state index contributed by atoms with van der Waals surface area (Å²) in [6.07, 6.45) is 6.17. The van der Waals surface area contributed by atoms with Crippen molar-refractivity contribution in [1.82, 2.24) is 19.7 Å². The summed E-state index contributed by atoms with van der Waals surface area (Å²) in [6.45, 7) is 2.16. The molecule has 0 aliphatic heterocycles. The Hall–Kier alpha value is -2.49. The highest BCUT2D eigenvalue weighted by Crippen LogP contribution is 2.19. The van der Waals surface area contributed by atoms with Crippen LogP contribution in [0.4, 0.5) is 0 Å². The van der Waals surface area contributed by atoms with Crippen LogP contribution >= 0.6 is 0 Å². The predicted molar refractivity (Wildman–Crippen MR) is 77.3 cm³/mol. The molecule has 0 fully saturated rings. The number of rotatable bonds is 4. The molecule has 1 aromatic carbocycles. The molecule has 100 valence electrons. The van der Waals surface area contributed by atoms with Gasteiger partial charge in [0.25, 0.3) is 0 Å². The maximum Gasteiger partial charge on any atom is 0.137 e. The highest BCUT2D eigenvalue weighted by Gasteiger charge is 2.13. The standard InChI is InChI=1S/C16H16N4/c1-13(15-5-3-2-4-6-15)20-12-18-19-16(20)11-14-7-9-17-10-8-14/h2-10,12-13H,11H2,1H3/t13-/m0/s1. The quantitative estimate of drug-likeness (QED) is 0.727. The van der Waals surface area contributed by atoms with E-state index in [0.717, 1.165) is 12.2 Å². The van der Waals surface area contributed by atoms with Crippen molar-refractivity contribution in [3.63, 3.8) is 0 Å². The molecule has 20 heavy (non-hydrogen) atoms. The van der Waals surface area contributed by atoms with Crippen LogP contribution in [0.25, 0.3) is 0 Å². The van der Waals surface area contributed by atoms with Crippen LogP contribution in [0, 0.1) is 0 Å². The number of pyridine rings is 1. The van der Waals surface area contributed by atoms with Crippen molar-refractivity contribution in [1.29, 1.82) is 0 Å². The number of aromatic nitrogens is 4. The molecule has 1 atom stereocenters. The molecule has 4 heteroatoms. The average molecular weight is 264 g/mol. The summed E-state index contributed by atoms with van der Waals surface area (Å²) in [7, 11) is 0. The number of benzene rings is 1. The van der Waals surface area contributed by atoms with E-state index in [1.165, 1.54) is 11.1 Å². The molecule has 3 aromatic rings. The molecular formula is C16H16N4. The molecule has 2 aromatic heterocycles. The highest BCUT2D eigenvalue weighted by molar-refractivity contribution is 5.21. The van der Waals surface area contributed by atoms with E-state index < -0.39 is 0 Å². The predicted octanol–water partition coefficient (Wildman–Crippen LogP) is 2.87. The van der Waals surface area contributed by atoms with Crippen molar-refractivity contribution >= 4 is 0 Å². The topological polar surface area (TPSA) is 43.6 Å². The Balaban J connectivity index is 1.87. The summed E-state index contributed by atoms with van der Waals surface area (Å²) < 4.78 is 2.12. The van der Waals surface area contributed by atoms with Crippen molar-refractivity contribution in [3.8, 4) is 0 Å². The van der Waals surface area contributed by atoms with Crippen LogP contribution in [0.1, 0.15) is 29.9 Å². The fourth-order valence-electron chi connectivity index (χ4n) is 2.29. The average Bonchev–Trinajstić information content (AvgIpc) is 2.96. The fourth-order valence-corrected chi connectivity index (χ4v) is 2.29. The monoisotopic (exact) mass is 264 g/mol. The highest BCUT2D eigenvalue weighted by atomic mass is 15.3. The summed E-state index contributed by atoms with van der Waals surface area (Å²) in [5, 5.41) is 8.31. The molecule has 0 amide bonds. The molecular weight excluding hydrogens is 248 g/mol. The maximum absolute atomic E-state index is 4.25.